The quantitative estimate of drug-likeness (QED) is 0.469. The van der Waals surface area contributed by atoms with Gasteiger partial charge in [-0.2, -0.15) is 0 Å². The Hall–Kier alpha value is -3.87. The van der Waals surface area contributed by atoms with Gasteiger partial charge in [-0.15, -0.1) is 0 Å². The van der Waals surface area contributed by atoms with Crippen molar-refractivity contribution in [3.63, 3.8) is 0 Å². The molecule has 1 heterocycles. The normalized spacial score (nSPS) is 18.5. The van der Waals surface area contributed by atoms with E-state index in [1.807, 2.05) is 18.2 Å². The first kappa shape index (κ1) is 24.3. The van der Waals surface area contributed by atoms with Gasteiger partial charge in [0.15, 0.2) is 5.78 Å². The maximum Gasteiger partial charge on any atom is 0.340 e. The fourth-order valence-corrected chi connectivity index (χ4v) is 4.62. The third-order valence-electron chi connectivity index (χ3n) is 6.37. The average molecular weight is 476 g/mol. The van der Waals surface area contributed by atoms with E-state index in [1.54, 1.807) is 42.5 Å². The van der Waals surface area contributed by atoms with Crippen LogP contribution in [0.5, 0.6) is 0 Å². The smallest absolute Gasteiger partial charge is 0.340 e. The highest BCUT2D eigenvalue weighted by molar-refractivity contribution is 6.18. The van der Waals surface area contributed by atoms with Gasteiger partial charge >= 0.3 is 11.9 Å². The predicted octanol–water partition coefficient (Wildman–Crippen LogP) is 4.41. The number of carbonyl (C=O) groups excluding carboxylic acids is 3. The monoisotopic (exact) mass is 475 g/mol. The molecule has 7 heteroatoms. The molecule has 1 atom stereocenters. The Morgan fingerprint density at radius 2 is 1.46 bits per heavy atom. The largest absolute Gasteiger partial charge is 0.468 e. The van der Waals surface area contributed by atoms with Crippen LogP contribution in [0.1, 0.15) is 48.0 Å². The zero-order valence-electron chi connectivity index (χ0n) is 19.9. The molecular weight excluding hydrogens is 446 g/mol. The number of hydrogen-bond donors (Lipinski definition) is 1. The molecule has 0 aromatic heterocycles. The van der Waals surface area contributed by atoms with E-state index in [4.69, 9.17) is 14.2 Å². The molecule has 0 saturated heterocycles. The van der Waals surface area contributed by atoms with Crippen molar-refractivity contribution in [2.45, 2.75) is 38.1 Å². The van der Waals surface area contributed by atoms with Crippen LogP contribution in [0.3, 0.4) is 0 Å². The summed E-state index contributed by atoms with van der Waals surface area (Å²) in [5, 5.41) is 3.33. The van der Waals surface area contributed by atoms with Crippen LogP contribution in [0, 0.1) is 5.92 Å². The minimum atomic E-state index is -1.32. The first-order valence-electron chi connectivity index (χ1n) is 11.8. The summed E-state index contributed by atoms with van der Waals surface area (Å²) in [7, 11) is 2.46. The van der Waals surface area contributed by atoms with Crippen molar-refractivity contribution in [3.05, 3.63) is 88.8 Å². The summed E-state index contributed by atoms with van der Waals surface area (Å²) < 4.78 is 16.5. The number of hydrogen-bond acceptors (Lipinski definition) is 7. The molecule has 7 nitrogen and oxygen atoms in total. The van der Waals surface area contributed by atoms with Crippen LogP contribution in [0.4, 0.5) is 0 Å². The minimum Gasteiger partial charge on any atom is -0.468 e. The Morgan fingerprint density at radius 1 is 0.829 bits per heavy atom. The maximum atomic E-state index is 13.8. The van der Waals surface area contributed by atoms with Gasteiger partial charge in [-0.3, -0.25) is 9.59 Å². The van der Waals surface area contributed by atoms with E-state index in [2.05, 4.69) is 5.32 Å². The molecule has 0 radical (unpaired) electrons. The Balaban J connectivity index is 1.92. The van der Waals surface area contributed by atoms with Gasteiger partial charge in [-0.05, 0) is 12.8 Å². The summed E-state index contributed by atoms with van der Waals surface area (Å²) in [5.74, 6) is -2.93. The molecule has 0 spiro atoms. The van der Waals surface area contributed by atoms with Crippen molar-refractivity contribution in [1.82, 2.24) is 5.32 Å². The molecular formula is C28H29NO6. The molecule has 1 aliphatic carbocycles. The Morgan fingerprint density at radius 3 is 2.06 bits per heavy atom. The van der Waals surface area contributed by atoms with Crippen molar-refractivity contribution in [2.75, 3.05) is 14.2 Å². The summed E-state index contributed by atoms with van der Waals surface area (Å²) in [6.07, 6.45) is 5.07. The summed E-state index contributed by atoms with van der Waals surface area (Å²) in [6, 6.07) is 17.7. The fourth-order valence-electron chi connectivity index (χ4n) is 4.62. The van der Waals surface area contributed by atoms with Gasteiger partial charge in [0.25, 0.3) is 0 Å². The molecule has 1 aliphatic heterocycles. The van der Waals surface area contributed by atoms with Gasteiger partial charge in [0, 0.05) is 17.2 Å². The molecule has 4 rings (SSSR count). The number of Topliss-reactive ketones (excluding diaryl/α,β-unsaturated/α-hetero) is 1. The highest BCUT2D eigenvalue weighted by atomic mass is 16.5. The summed E-state index contributed by atoms with van der Waals surface area (Å²) in [4.78, 5) is 40.1. The first-order chi connectivity index (χ1) is 17.0. The van der Waals surface area contributed by atoms with Crippen molar-refractivity contribution >= 4 is 23.5 Å². The number of ketones is 1. The number of ether oxygens (including phenoxy) is 3. The van der Waals surface area contributed by atoms with Crippen LogP contribution < -0.4 is 5.32 Å². The van der Waals surface area contributed by atoms with E-state index < -0.39 is 23.6 Å². The van der Waals surface area contributed by atoms with Gasteiger partial charge < -0.3 is 19.5 Å². The van der Waals surface area contributed by atoms with Gasteiger partial charge in [0.2, 0.25) is 5.88 Å². The SMILES string of the molecule is COC(=O)C1=C(NC2CCCCC2)OC(c2ccccc2)=C(C(=O)c2ccccc2)C1C(=O)OC. The zero-order chi connectivity index (χ0) is 24.8. The Kier molecular flexibility index (Phi) is 7.65. The molecule has 1 saturated carbocycles. The summed E-state index contributed by atoms with van der Waals surface area (Å²) >= 11 is 0. The van der Waals surface area contributed by atoms with E-state index in [9.17, 15) is 14.4 Å². The third-order valence-corrected chi connectivity index (χ3v) is 6.37. The topological polar surface area (TPSA) is 90.9 Å². The van der Waals surface area contributed by atoms with Gasteiger partial charge in [-0.25, -0.2) is 4.79 Å². The maximum absolute atomic E-state index is 13.8. The molecule has 2 aliphatic rings. The van der Waals surface area contributed by atoms with E-state index in [0.29, 0.717) is 11.1 Å². The second-order valence-electron chi connectivity index (χ2n) is 8.58. The molecule has 1 N–H and O–H groups in total. The van der Waals surface area contributed by atoms with Crippen LogP contribution in [-0.4, -0.2) is 38.0 Å². The van der Waals surface area contributed by atoms with Gasteiger partial charge in [-0.1, -0.05) is 79.9 Å². The van der Waals surface area contributed by atoms with Crippen molar-refractivity contribution in [3.8, 4) is 0 Å². The Labute approximate surface area is 204 Å². The van der Waals surface area contributed by atoms with Crippen molar-refractivity contribution < 1.29 is 28.6 Å². The molecule has 0 bridgehead atoms. The lowest BCUT2D eigenvalue weighted by molar-refractivity contribution is -0.146. The first-order valence-corrected chi connectivity index (χ1v) is 11.8. The number of esters is 2. The van der Waals surface area contributed by atoms with Crippen LogP contribution in [0.15, 0.2) is 77.7 Å². The highest BCUT2D eigenvalue weighted by Gasteiger charge is 2.45. The lowest BCUT2D eigenvalue weighted by Crippen LogP contribution is -2.40. The lowest BCUT2D eigenvalue weighted by Gasteiger charge is -2.33. The van der Waals surface area contributed by atoms with Crippen LogP contribution in [0.25, 0.3) is 5.76 Å². The summed E-state index contributed by atoms with van der Waals surface area (Å²) in [6.45, 7) is 0. The molecule has 1 unspecified atom stereocenters. The molecule has 2 aromatic carbocycles. The van der Waals surface area contributed by atoms with E-state index >= 15 is 0 Å². The molecule has 182 valence electrons. The second kappa shape index (κ2) is 11.0. The van der Waals surface area contributed by atoms with Gasteiger partial charge in [0.1, 0.15) is 17.3 Å². The van der Waals surface area contributed by atoms with Crippen LogP contribution in [-0.2, 0) is 23.8 Å². The predicted molar refractivity (Wildman–Crippen MR) is 130 cm³/mol. The number of rotatable bonds is 7. The fraction of sp³-hybridized carbons (Fsp3) is 0.321. The molecule has 1 fully saturated rings. The summed E-state index contributed by atoms with van der Waals surface area (Å²) in [5.41, 5.74) is 0.932. The standard InChI is InChI=1S/C28H29NO6/c1-33-27(31)21-22(24(30)18-12-6-3-7-13-18)25(19-14-8-4-9-15-19)35-26(23(21)28(32)34-2)29-20-16-10-5-11-17-20/h3-4,6-9,12-15,20-21,29H,5,10-11,16-17H2,1-2H3. The van der Waals surface area contributed by atoms with Crippen molar-refractivity contribution in [1.29, 1.82) is 0 Å². The Bertz CT molecular complexity index is 1150. The molecule has 2 aromatic rings. The minimum absolute atomic E-state index is 0.0313. The van der Waals surface area contributed by atoms with E-state index in [1.165, 1.54) is 14.2 Å². The number of benzene rings is 2. The van der Waals surface area contributed by atoms with E-state index in [-0.39, 0.29) is 28.8 Å². The van der Waals surface area contributed by atoms with Gasteiger partial charge in [0.05, 0.1) is 19.8 Å². The lowest BCUT2D eigenvalue weighted by atomic mass is 9.82. The van der Waals surface area contributed by atoms with Crippen LogP contribution in [0.2, 0.25) is 0 Å². The molecule has 35 heavy (non-hydrogen) atoms. The van der Waals surface area contributed by atoms with E-state index in [0.717, 1.165) is 32.1 Å². The highest BCUT2D eigenvalue weighted by Crippen LogP contribution is 2.40. The third kappa shape index (κ3) is 5.14. The second-order valence-corrected chi connectivity index (χ2v) is 8.58. The zero-order valence-corrected chi connectivity index (χ0v) is 19.9. The number of carbonyl (C=O) groups is 3. The van der Waals surface area contributed by atoms with Crippen molar-refractivity contribution in [2.24, 2.45) is 5.92 Å². The average Bonchev–Trinajstić information content (AvgIpc) is 2.92. The number of methoxy groups -OCH3 is 2. The number of nitrogens with one attached hydrogen (secondary N) is 1. The van der Waals surface area contributed by atoms with Crippen LogP contribution >= 0.6 is 0 Å². The molecule has 0 amide bonds.